The first-order chi connectivity index (χ1) is 10.3. The first-order valence-corrected chi connectivity index (χ1v) is 7.02. The van der Waals surface area contributed by atoms with E-state index < -0.39 is 0 Å². The molecule has 0 saturated carbocycles. The summed E-state index contributed by atoms with van der Waals surface area (Å²) >= 11 is 0. The molecule has 100 valence electrons. The van der Waals surface area contributed by atoms with Crippen molar-refractivity contribution in [1.29, 1.82) is 0 Å². The first-order valence-electron chi connectivity index (χ1n) is 7.02. The molecule has 1 nitrogen and oxygen atoms in total. The predicted molar refractivity (Wildman–Crippen MR) is 88.6 cm³/mol. The van der Waals surface area contributed by atoms with Gasteiger partial charge in [-0.05, 0) is 51.4 Å². The third-order valence-electron chi connectivity index (χ3n) is 3.92. The molecule has 4 aromatic rings. The van der Waals surface area contributed by atoms with E-state index >= 15 is 0 Å². The molecular formula is C20H14O. The second-order valence-electron chi connectivity index (χ2n) is 5.28. The smallest absolute Gasteiger partial charge is 0.123 e. The number of rotatable bonds is 1. The molecule has 0 unspecified atom stereocenters. The average Bonchev–Trinajstić information content (AvgIpc) is 2.53. The number of aromatic hydroxyl groups is 1. The van der Waals surface area contributed by atoms with Gasteiger partial charge in [-0.15, -0.1) is 0 Å². The summed E-state index contributed by atoms with van der Waals surface area (Å²) in [5, 5.41) is 14.9. The number of para-hydroxylation sites is 1. The van der Waals surface area contributed by atoms with Gasteiger partial charge in [-0.1, -0.05) is 54.6 Å². The summed E-state index contributed by atoms with van der Waals surface area (Å²) in [4.78, 5) is 0. The van der Waals surface area contributed by atoms with Gasteiger partial charge in [-0.3, -0.25) is 0 Å². The highest BCUT2D eigenvalue weighted by Gasteiger charge is 2.05. The van der Waals surface area contributed by atoms with Gasteiger partial charge >= 0.3 is 0 Å². The lowest BCUT2D eigenvalue weighted by Crippen LogP contribution is -1.81. The Hall–Kier alpha value is -2.80. The molecule has 0 aliphatic carbocycles. The monoisotopic (exact) mass is 270 g/mol. The second kappa shape index (κ2) is 4.64. The maximum atomic E-state index is 10.0. The van der Waals surface area contributed by atoms with Crippen LogP contribution in [0.15, 0.2) is 78.9 Å². The van der Waals surface area contributed by atoms with Crippen LogP contribution in [-0.2, 0) is 0 Å². The number of fused-ring (bicyclic) bond motifs is 2. The Bertz CT molecular complexity index is 954. The number of hydrogen-bond acceptors (Lipinski definition) is 1. The van der Waals surface area contributed by atoms with Crippen molar-refractivity contribution in [2.24, 2.45) is 0 Å². The molecule has 0 amide bonds. The molecule has 0 aromatic heterocycles. The zero-order valence-corrected chi connectivity index (χ0v) is 11.5. The van der Waals surface area contributed by atoms with E-state index in [1.165, 1.54) is 21.5 Å². The quantitative estimate of drug-likeness (QED) is 0.461. The molecule has 0 spiro atoms. The summed E-state index contributed by atoms with van der Waals surface area (Å²) in [5.74, 6) is 0.317. The third kappa shape index (κ3) is 2.03. The number of phenols is 1. The molecule has 1 heteroatoms. The van der Waals surface area contributed by atoms with Crippen molar-refractivity contribution >= 4 is 21.5 Å². The fraction of sp³-hybridized carbons (Fsp3) is 0. The first kappa shape index (κ1) is 12.0. The zero-order valence-electron chi connectivity index (χ0n) is 11.5. The normalized spacial score (nSPS) is 11.0. The summed E-state index contributed by atoms with van der Waals surface area (Å²) in [6.45, 7) is 0. The standard InChI is InChI=1S/C20H14O/c21-20-8-4-3-7-19(20)17-10-9-16-11-14-5-1-2-6-15(14)12-18(16)13-17/h1-13,21H. The summed E-state index contributed by atoms with van der Waals surface area (Å²) in [6.07, 6.45) is 0. The van der Waals surface area contributed by atoms with Crippen LogP contribution in [-0.4, -0.2) is 5.11 Å². The molecule has 0 fully saturated rings. The lowest BCUT2D eigenvalue weighted by Gasteiger charge is -2.07. The van der Waals surface area contributed by atoms with Crippen LogP contribution < -0.4 is 0 Å². The third-order valence-corrected chi connectivity index (χ3v) is 3.92. The minimum atomic E-state index is 0.317. The Morgan fingerprint density at radius 3 is 1.90 bits per heavy atom. The van der Waals surface area contributed by atoms with Crippen LogP contribution in [0.2, 0.25) is 0 Å². The van der Waals surface area contributed by atoms with Gasteiger partial charge in [0.15, 0.2) is 0 Å². The van der Waals surface area contributed by atoms with Gasteiger partial charge in [-0.25, -0.2) is 0 Å². The van der Waals surface area contributed by atoms with Gasteiger partial charge in [0.1, 0.15) is 5.75 Å². The Morgan fingerprint density at radius 2 is 1.14 bits per heavy atom. The van der Waals surface area contributed by atoms with Crippen molar-refractivity contribution in [1.82, 2.24) is 0 Å². The van der Waals surface area contributed by atoms with E-state index in [0.29, 0.717) is 5.75 Å². The maximum Gasteiger partial charge on any atom is 0.123 e. The highest BCUT2D eigenvalue weighted by molar-refractivity contribution is 5.99. The van der Waals surface area contributed by atoms with Crippen LogP contribution in [0, 0.1) is 0 Å². The van der Waals surface area contributed by atoms with Crippen molar-refractivity contribution in [2.75, 3.05) is 0 Å². The van der Waals surface area contributed by atoms with Crippen LogP contribution in [0.25, 0.3) is 32.7 Å². The van der Waals surface area contributed by atoms with Gasteiger partial charge in [-0.2, -0.15) is 0 Å². The zero-order chi connectivity index (χ0) is 14.2. The molecule has 21 heavy (non-hydrogen) atoms. The van der Waals surface area contributed by atoms with Gasteiger partial charge in [0.2, 0.25) is 0 Å². The summed E-state index contributed by atoms with van der Waals surface area (Å²) in [7, 11) is 0. The van der Waals surface area contributed by atoms with Crippen LogP contribution in [0.5, 0.6) is 5.75 Å². The maximum absolute atomic E-state index is 10.0. The van der Waals surface area contributed by atoms with E-state index in [1.54, 1.807) is 6.07 Å². The highest BCUT2D eigenvalue weighted by atomic mass is 16.3. The molecule has 0 aliphatic rings. The topological polar surface area (TPSA) is 20.2 Å². The van der Waals surface area contributed by atoms with E-state index in [0.717, 1.165) is 11.1 Å². The van der Waals surface area contributed by atoms with Gasteiger partial charge in [0.25, 0.3) is 0 Å². The highest BCUT2D eigenvalue weighted by Crippen LogP contribution is 2.32. The fourth-order valence-electron chi connectivity index (χ4n) is 2.83. The summed E-state index contributed by atoms with van der Waals surface area (Å²) in [6, 6.07) is 26.5. The molecule has 4 rings (SSSR count). The molecule has 0 bridgehead atoms. The number of phenolic OH excluding ortho intramolecular Hbond substituents is 1. The van der Waals surface area contributed by atoms with Crippen LogP contribution in [0.1, 0.15) is 0 Å². The van der Waals surface area contributed by atoms with E-state index in [4.69, 9.17) is 0 Å². The Labute approximate surface area is 123 Å². The number of benzene rings is 4. The van der Waals surface area contributed by atoms with Crippen molar-refractivity contribution < 1.29 is 5.11 Å². The van der Waals surface area contributed by atoms with Crippen molar-refractivity contribution in [3.8, 4) is 16.9 Å². The summed E-state index contributed by atoms with van der Waals surface area (Å²) in [5.41, 5.74) is 1.91. The number of hydrogen-bond donors (Lipinski definition) is 1. The van der Waals surface area contributed by atoms with E-state index in [1.807, 2.05) is 18.2 Å². The molecule has 1 N–H and O–H groups in total. The van der Waals surface area contributed by atoms with Gasteiger partial charge < -0.3 is 5.11 Å². The molecule has 0 radical (unpaired) electrons. The van der Waals surface area contributed by atoms with Crippen molar-refractivity contribution in [2.45, 2.75) is 0 Å². The average molecular weight is 270 g/mol. The molecule has 0 saturated heterocycles. The molecule has 4 aromatic carbocycles. The molecule has 0 heterocycles. The SMILES string of the molecule is Oc1ccccc1-c1ccc2cc3ccccc3cc2c1. The van der Waals surface area contributed by atoms with Crippen LogP contribution in [0.3, 0.4) is 0 Å². The summed E-state index contributed by atoms with van der Waals surface area (Å²) < 4.78 is 0. The predicted octanol–water partition coefficient (Wildman–Crippen LogP) is 5.37. The van der Waals surface area contributed by atoms with E-state index in [-0.39, 0.29) is 0 Å². The Morgan fingerprint density at radius 1 is 0.524 bits per heavy atom. The lowest BCUT2D eigenvalue weighted by molar-refractivity contribution is 0.477. The van der Waals surface area contributed by atoms with E-state index in [2.05, 4.69) is 54.6 Å². The lowest BCUT2D eigenvalue weighted by atomic mass is 9.98. The van der Waals surface area contributed by atoms with Crippen molar-refractivity contribution in [3.05, 3.63) is 78.9 Å². The minimum Gasteiger partial charge on any atom is -0.507 e. The van der Waals surface area contributed by atoms with Gasteiger partial charge in [0, 0.05) is 5.56 Å². The van der Waals surface area contributed by atoms with E-state index in [9.17, 15) is 5.11 Å². The van der Waals surface area contributed by atoms with Crippen molar-refractivity contribution in [3.63, 3.8) is 0 Å². The Kier molecular flexibility index (Phi) is 2.65. The minimum absolute atomic E-state index is 0.317. The fourth-order valence-corrected chi connectivity index (χ4v) is 2.83. The Balaban J connectivity index is 1.97. The van der Waals surface area contributed by atoms with Gasteiger partial charge in [0.05, 0.1) is 0 Å². The largest absolute Gasteiger partial charge is 0.507 e. The molecule has 0 aliphatic heterocycles. The van der Waals surface area contributed by atoms with Crippen LogP contribution >= 0.6 is 0 Å². The molecular weight excluding hydrogens is 256 g/mol. The molecule has 0 atom stereocenters. The second-order valence-corrected chi connectivity index (χ2v) is 5.28. The van der Waals surface area contributed by atoms with Crippen LogP contribution in [0.4, 0.5) is 0 Å².